The van der Waals surface area contributed by atoms with Crippen LogP contribution in [-0.2, 0) is 0 Å². The summed E-state index contributed by atoms with van der Waals surface area (Å²) in [6.07, 6.45) is 3.07. The van der Waals surface area contributed by atoms with Crippen LogP contribution in [0.25, 0.3) is 0 Å². The SMILES string of the molecule is CC(C)c1nc(C(=O)N2C3CCC2CC(O)C3)n[nH]1. The largest absolute Gasteiger partial charge is 0.393 e. The van der Waals surface area contributed by atoms with Crippen LogP contribution in [0.1, 0.15) is 61.9 Å². The Morgan fingerprint density at radius 2 is 2.00 bits per heavy atom. The zero-order valence-electron chi connectivity index (χ0n) is 11.3. The maximum absolute atomic E-state index is 12.5. The molecule has 2 bridgehead atoms. The highest BCUT2D eigenvalue weighted by Gasteiger charge is 2.43. The molecule has 1 aromatic heterocycles. The number of aliphatic hydroxyl groups excluding tert-OH is 1. The molecule has 0 aromatic carbocycles. The monoisotopic (exact) mass is 264 g/mol. The summed E-state index contributed by atoms with van der Waals surface area (Å²) in [6.45, 7) is 4.02. The third kappa shape index (κ3) is 2.14. The average molecular weight is 264 g/mol. The molecule has 2 aliphatic rings. The number of carbonyl (C=O) groups excluding carboxylic acids is 1. The van der Waals surface area contributed by atoms with Gasteiger partial charge in [-0.05, 0) is 25.7 Å². The van der Waals surface area contributed by atoms with Crippen molar-refractivity contribution in [2.75, 3.05) is 0 Å². The number of aromatic nitrogens is 3. The van der Waals surface area contributed by atoms with Gasteiger partial charge in [-0.2, -0.15) is 0 Å². The summed E-state index contributed by atoms with van der Waals surface area (Å²) in [5, 5.41) is 16.6. The number of H-pyrrole nitrogens is 1. The van der Waals surface area contributed by atoms with E-state index in [1.807, 2.05) is 18.7 Å². The van der Waals surface area contributed by atoms with Crippen molar-refractivity contribution in [3.8, 4) is 0 Å². The molecule has 3 rings (SSSR count). The number of fused-ring (bicyclic) bond motifs is 2. The number of hydrogen-bond acceptors (Lipinski definition) is 4. The van der Waals surface area contributed by atoms with Crippen molar-refractivity contribution in [1.29, 1.82) is 0 Å². The van der Waals surface area contributed by atoms with Crippen molar-refractivity contribution in [1.82, 2.24) is 20.1 Å². The minimum absolute atomic E-state index is 0.0949. The van der Waals surface area contributed by atoms with Gasteiger partial charge in [0.15, 0.2) is 0 Å². The Labute approximate surface area is 112 Å². The molecule has 0 radical (unpaired) electrons. The van der Waals surface area contributed by atoms with E-state index in [0.29, 0.717) is 12.8 Å². The van der Waals surface area contributed by atoms with Crippen LogP contribution in [0.15, 0.2) is 0 Å². The summed E-state index contributed by atoms with van der Waals surface area (Å²) in [7, 11) is 0. The van der Waals surface area contributed by atoms with E-state index in [1.54, 1.807) is 0 Å². The van der Waals surface area contributed by atoms with Crippen molar-refractivity contribution in [3.05, 3.63) is 11.6 Å². The fourth-order valence-corrected chi connectivity index (χ4v) is 3.22. The van der Waals surface area contributed by atoms with Gasteiger partial charge in [-0.25, -0.2) is 4.98 Å². The molecule has 0 saturated carbocycles. The van der Waals surface area contributed by atoms with Gasteiger partial charge in [0.2, 0.25) is 5.82 Å². The molecule has 2 saturated heterocycles. The highest BCUT2D eigenvalue weighted by molar-refractivity contribution is 5.91. The fourth-order valence-electron chi connectivity index (χ4n) is 3.22. The molecule has 1 amide bonds. The van der Waals surface area contributed by atoms with Crippen molar-refractivity contribution in [2.45, 2.75) is 63.6 Å². The van der Waals surface area contributed by atoms with E-state index in [2.05, 4.69) is 15.2 Å². The van der Waals surface area contributed by atoms with Crippen LogP contribution < -0.4 is 0 Å². The molecule has 2 N–H and O–H groups in total. The zero-order valence-corrected chi connectivity index (χ0v) is 11.3. The first-order chi connectivity index (χ1) is 9.06. The second-order valence-corrected chi connectivity index (χ2v) is 5.92. The number of carbonyl (C=O) groups is 1. The van der Waals surface area contributed by atoms with Gasteiger partial charge in [-0.3, -0.25) is 9.89 Å². The summed E-state index contributed by atoms with van der Waals surface area (Å²) in [6, 6.07) is 0.310. The molecule has 19 heavy (non-hydrogen) atoms. The molecule has 6 heteroatoms. The lowest BCUT2D eigenvalue weighted by Crippen LogP contribution is -2.48. The van der Waals surface area contributed by atoms with Gasteiger partial charge in [0.1, 0.15) is 5.82 Å². The molecule has 0 aliphatic carbocycles. The van der Waals surface area contributed by atoms with Gasteiger partial charge in [-0.1, -0.05) is 13.8 Å². The average Bonchev–Trinajstić information content (AvgIpc) is 2.93. The molecule has 0 spiro atoms. The predicted octanol–water partition coefficient (Wildman–Crippen LogP) is 1.06. The summed E-state index contributed by atoms with van der Waals surface area (Å²) in [4.78, 5) is 18.7. The summed E-state index contributed by atoms with van der Waals surface area (Å²) in [5.74, 6) is 1.14. The number of aromatic amines is 1. The third-order valence-corrected chi connectivity index (χ3v) is 4.18. The Balaban J connectivity index is 1.80. The zero-order chi connectivity index (χ0) is 13.6. The number of aliphatic hydroxyl groups is 1. The smallest absolute Gasteiger partial charge is 0.294 e. The third-order valence-electron chi connectivity index (χ3n) is 4.18. The minimum Gasteiger partial charge on any atom is -0.393 e. The minimum atomic E-state index is -0.264. The lowest BCUT2D eigenvalue weighted by atomic mass is 10.00. The van der Waals surface area contributed by atoms with Gasteiger partial charge in [0.05, 0.1) is 6.10 Å². The Bertz CT molecular complexity index is 471. The van der Waals surface area contributed by atoms with E-state index < -0.39 is 0 Å². The van der Waals surface area contributed by atoms with Crippen LogP contribution in [0.4, 0.5) is 0 Å². The van der Waals surface area contributed by atoms with Crippen molar-refractivity contribution in [2.24, 2.45) is 0 Å². The van der Waals surface area contributed by atoms with Crippen LogP contribution in [0.3, 0.4) is 0 Å². The first kappa shape index (κ1) is 12.6. The number of rotatable bonds is 2. The van der Waals surface area contributed by atoms with E-state index in [1.165, 1.54) is 0 Å². The van der Waals surface area contributed by atoms with Gasteiger partial charge < -0.3 is 10.0 Å². The summed E-state index contributed by atoms with van der Waals surface area (Å²) < 4.78 is 0. The van der Waals surface area contributed by atoms with Crippen LogP contribution >= 0.6 is 0 Å². The van der Waals surface area contributed by atoms with Crippen molar-refractivity contribution in [3.63, 3.8) is 0 Å². The lowest BCUT2D eigenvalue weighted by molar-refractivity contribution is 0.0278. The highest BCUT2D eigenvalue weighted by atomic mass is 16.3. The van der Waals surface area contributed by atoms with Gasteiger partial charge >= 0.3 is 0 Å². The number of piperidine rings is 1. The Hall–Kier alpha value is -1.43. The van der Waals surface area contributed by atoms with Gasteiger partial charge in [-0.15, -0.1) is 5.10 Å². The second kappa shape index (κ2) is 4.59. The molecule has 104 valence electrons. The van der Waals surface area contributed by atoms with E-state index in [0.717, 1.165) is 18.7 Å². The predicted molar refractivity (Wildman–Crippen MR) is 68.7 cm³/mol. The molecular formula is C13H20N4O2. The lowest BCUT2D eigenvalue weighted by Gasteiger charge is -2.36. The quantitative estimate of drug-likeness (QED) is 0.836. The summed E-state index contributed by atoms with van der Waals surface area (Å²) >= 11 is 0. The molecule has 2 atom stereocenters. The molecule has 2 fully saturated rings. The number of nitrogens with zero attached hydrogens (tertiary/aromatic N) is 3. The van der Waals surface area contributed by atoms with Crippen molar-refractivity contribution < 1.29 is 9.90 Å². The fraction of sp³-hybridized carbons (Fsp3) is 0.769. The van der Waals surface area contributed by atoms with Crippen LogP contribution in [0.2, 0.25) is 0 Å². The molecular weight excluding hydrogens is 244 g/mol. The van der Waals surface area contributed by atoms with Crippen LogP contribution in [0, 0.1) is 0 Å². The van der Waals surface area contributed by atoms with Crippen molar-refractivity contribution >= 4 is 5.91 Å². The first-order valence-electron chi connectivity index (χ1n) is 6.99. The van der Waals surface area contributed by atoms with Crippen LogP contribution in [-0.4, -0.2) is 49.3 Å². The second-order valence-electron chi connectivity index (χ2n) is 5.92. The topological polar surface area (TPSA) is 82.1 Å². The molecule has 6 nitrogen and oxygen atoms in total. The number of nitrogens with one attached hydrogen (secondary N) is 1. The van der Waals surface area contributed by atoms with Gasteiger partial charge in [0, 0.05) is 18.0 Å². The maximum atomic E-state index is 12.5. The molecule has 2 unspecified atom stereocenters. The highest BCUT2D eigenvalue weighted by Crippen LogP contribution is 2.36. The number of amides is 1. The first-order valence-corrected chi connectivity index (χ1v) is 6.99. The standard InChI is InChI=1S/C13H20N4O2/c1-7(2)11-14-12(16-15-11)13(19)17-8-3-4-9(17)6-10(18)5-8/h7-10,18H,3-6H2,1-2H3,(H,14,15,16). The maximum Gasteiger partial charge on any atom is 0.294 e. The normalized spacial score (nSPS) is 30.1. The Kier molecular flexibility index (Phi) is 3.05. The molecule has 1 aromatic rings. The van der Waals surface area contributed by atoms with E-state index in [-0.39, 0.29) is 35.8 Å². The number of hydrogen-bond donors (Lipinski definition) is 2. The van der Waals surface area contributed by atoms with E-state index >= 15 is 0 Å². The molecule has 2 aliphatic heterocycles. The molecule has 3 heterocycles. The van der Waals surface area contributed by atoms with E-state index in [4.69, 9.17) is 0 Å². The van der Waals surface area contributed by atoms with Crippen LogP contribution in [0.5, 0.6) is 0 Å². The van der Waals surface area contributed by atoms with E-state index in [9.17, 15) is 9.90 Å². The Morgan fingerprint density at radius 3 is 2.53 bits per heavy atom. The summed E-state index contributed by atoms with van der Waals surface area (Å²) in [5.41, 5.74) is 0. The van der Waals surface area contributed by atoms with Gasteiger partial charge in [0.25, 0.3) is 5.91 Å². The Morgan fingerprint density at radius 1 is 1.37 bits per heavy atom.